The molecule has 0 aliphatic heterocycles. The van der Waals surface area contributed by atoms with Gasteiger partial charge < -0.3 is 10.6 Å². The number of rotatable bonds is 6. The lowest BCUT2D eigenvalue weighted by atomic mass is 10.3. The fourth-order valence-corrected chi connectivity index (χ4v) is 2.75. The molecular weight excluding hydrogens is 324 g/mol. The molecule has 5 heteroatoms. The van der Waals surface area contributed by atoms with Crippen LogP contribution in [-0.2, 0) is 11.2 Å². The first-order valence-corrected chi connectivity index (χ1v) is 7.70. The zero-order valence-electron chi connectivity index (χ0n) is 10.4. The normalized spacial score (nSPS) is 10.4. The van der Waals surface area contributed by atoms with Gasteiger partial charge in [0.1, 0.15) is 0 Å². The van der Waals surface area contributed by atoms with Crippen LogP contribution in [0.3, 0.4) is 0 Å². The van der Waals surface area contributed by atoms with Gasteiger partial charge in [-0.2, -0.15) is 0 Å². The Morgan fingerprint density at radius 2 is 2.16 bits per heavy atom. The van der Waals surface area contributed by atoms with E-state index in [0.717, 1.165) is 23.1 Å². The minimum atomic E-state index is -0.0238. The Balaban J connectivity index is 1.67. The van der Waals surface area contributed by atoms with Gasteiger partial charge in [-0.1, -0.05) is 28.1 Å². The minimum absolute atomic E-state index is 0.0238. The molecule has 0 spiro atoms. The molecule has 3 nitrogen and oxygen atoms in total. The standard InChI is InChI=1S/C14H15BrN2OS/c15-11-3-1-4-12(9-11)17-14(18)10-16-7-6-13-5-2-8-19-13/h1-5,8-9,16H,6-7,10H2,(H,17,18). The number of hydrogen-bond donors (Lipinski definition) is 2. The maximum Gasteiger partial charge on any atom is 0.238 e. The molecule has 19 heavy (non-hydrogen) atoms. The number of anilines is 1. The van der Waals surface area contributed by atoms with Gasteiger partial charge in [0.2, 0.25) is 5.91 Å². The molecule has 1 amide bonds. The van der Waals surface area contributed by atoms with Gasteiger partial charge in [0.05, 0.1) is 6.54 Å². The summed E-state index contributed by atoms with van der Waals surface area (Å²) in [6.45, 7) is 1.14. The maximum atomic E-state index is 11.7. The molecule has 0 fully saturated rings. The Hall–Kier alpha value is -1.17. The van der Waals surface area contributed by atoms with E-state index in [1.807, 2.05) is 30.3 Å². The molecule has 2 rings (SSSR count). The van der Waals surface area contributed by atoms with Gasteiger partial charge in [-0.15, -0.1) is 11.3 Å². The van der Waals surface area contributed by atoms with Crippen LogP contribution in [0.25, 0.3) is 0 Å². The number of halogens is 1. The topological polar surface area (TPSA) is 41.1 Å². The zero-order chi connectivity index (χ0) is 13.5. The minimum Gasteiger partial charge on any atom is -0.325 e. The third-order valence-electron chi connectivity index (χ3n) is 2.52. The van der Waals surface area contributed by atoms with Gasteiger partial charge in [-0.05, 0) is 36.1 Å². The van der Waals surface area contributed by atoms with Crippen LogP contribution in [0.5, 0.6) is 0 Å². The van der Waals surface area contributed by atoms with Gasteiger partial charge >= 0.3 is 0 Å². The molecule has 0 atom stereocenters. The van der Waals surface area contributed by atoms with E-state index in [9.17, 15) is 4.79 Å². The average Bonchev–Trinajstić information content (AvgIpc) is 2.88. The van der Waals surface area contributed by atoms with Crippen molar-refractivity contribution in [3.8, 4) is 0 Å². The van der Waals surface area contributed by atoms with Crippen molar-refractivity contribution < 1.29 is 4.79 Å². The van der Waals surface area contributed by atoms with Gasteiger partial charge in [0.25, 0.3) is 0 Å². The summed E-state index contributed by atoms with van der Waals surface area (Å²) in [4.78, 5) is 13.0. The second kappa shape index (κ2) is 7.43. The average molecular weight is 339 g/mol. The summed E-state index contributed by atoms with van der Waals surface area (Å²) in [5.41, 5.74) is 0.805. The number of carbonyl (C=O) groups excluding carboxylic acids is 1. The van der Waals surface area contributed by atoms with Crippen molar-refractivity contribution in [3.63, 3.8) is 0 Å². The number of thiophene rings is 1. The Morgan fingerprint density at radius 1 is 1.26 bits per heavy atom. The highest BCUT2D eigenvalue weighted by molar-refractivity contribution is 9.10. The molecule has 0 bridgehead atoms. The van der Waals surface area contributed by atoms with Crippen LogP contribution in [0.1, 0.15) is 4.88 Å². The molecule has 0 unspecified atom stereocenters. The van der Waals surface area contributed by atoms with E-state index in [0.29, 0.717) is 6.54 Å². The summed E-state index contributed by atoms with van der Waals surface area (Å²) in [7, 11) is 0. The van der Waals surface area contributed by atoms with Crippen LogP contribution in [0, 0.1) is 0 Å². The first kappa shape index (κ1) is 14.2. The van der Waals surface area contributed by atoms with Crippen molar-refractivity contribution in [1.82, 2.24) is 5.32 Å². The molecule has 1 aromatic heterocycles. The Bertz CT molecular complexity index is 528. The third kappa shape index (κ3) is 5.14. The molecule has 0 radical (unpaired) electrons. The summed E-state index contributed by atoms with van der Waals surface area (Å²) in [6.07, 6.45) is 0.960. The predicted octanol–water partition coefficient (Wildman–Crippen LogP) is 3.28. The second-order valence-corrected chi connectivity index (χ2v) is 6.01. The zero-order valence-corrected chi connectivity index (χ0v) is 12.8. The van der Waals surface area contributed by atoms with Crippen molar-refractivity contribution >= 4 is 38.9 Å². The smallest absolute Gasteiger partial charge is 0.238 e. The lowest BCUT2D eigenvalue weighted by Gasteiger charge is -2.06. The highest BCUT2D eigenvalue weighted by Gasteiger charge is 2.02. The summed E-state index contributed by atoms with van der Waals surface area (Å²) in [6, 6.07) is 11.7. The molecule has 2 aromatic rings. The molecule has 100 valence electrons. The highest BCUT2D eigenvalue weighted by Crippen LogP contribution is 2.15. The lowest BCUT2D eigenvalue weighted by Crippen LogP contribution is -2.29. The molecule has 0 aliphatic carbocycles. The Labute approximate surface area is 125 Å². The molecule has 2 N–H and O–H groups in total. The molecular formula is C14H15BrN2OS. The summed E-state index contributed by atoms with van der Waals surface area (Å²) >= 11 is 5.11. The lowest BCUT2D eigenvalue weighted by molar-refractivity contribution is -0.115. The van der Waals surface area contributed by atoms with E-state index < -0.39 is 0 Å². The van der Waals surface area contributed by atoms with Gasteiger partial charge in [0, 0.05) is 21.6 Å². The SMILES string of the molecule is O=C(CNCCc1cccs1)Nc1cccc(Br)c1. The van der Waals surface area contributed by atoms with Gasteiger partial charge in [-0.3, -0.25) is 4.79 Å². The second-order valence-electron chi connectivity index (χ2n) is 4.06. The van der Waals surface area contributed by atoms with Crippen LogP contribution >= 0.6 is 27.3 Å². The Morgan fingerprint density at radius 3 is 2.89 bits per heavy atom. The molecule has 0 saturated heterocycles. The highest BCUT2D eigenvalue weighted by atomic mass is 79.9. The number of amides is 1. The van der Waals surface area contributed by atoms with E-state index in [2.05, 4.69) is 38.0 Å². The fourth-order valence-electron chi connectivity index (χ4n) is 1.64. The number of benzene rings is 1. The van der Waals surface area contributed by atoms with Crippen molar-refractivity contribution in [3.05, 3.63) is 51.1 Å². The summed E-state index contributed by atoms with van der Waals surface area (Å²) < 4.78 is 0.955. The maximum absolute atomic E-state index is 11.7. The van der Waals surface area contributed by atoms with E-state index in [4.69, 9.17) is 0 Å². The monoisotopic (exact) mass is 338 g/mol. The van der Waals surface area contributed by atoms with Gasteiger partial charge in [-0.25, -0.2) is 0 Å². The predicted molar refractivity (Wildman–Crippen MR) is 83.7 cm³/mol. The summed E-state index contributed by atoms with van der Waals surface area (Å²) in [5.74, 6) is -0.0238. The quantitative estimate of drug-likeness (QED) is 0.793. The Kier molecular flexibility index (Phi) is 5.57. The largest absolute Gasteiger partial charge is 0.325 e. The van der Waals surface area contributed by atoms with E-state index in [-0.39, 0.29) is 5.91 Å². The number of hydrogen-bond acceptors (Lipinski definition) is 3. The van der Waals surface area contributed by atoms with E-state index >= 15 is 0 Å². The first-order chi connectivity index (χ1) is 9.24. The molecule has 0 saturated carbocycles. The van der Waals surface area contributed by atoms with Crippen molar-refractivity contribution in [1.29, 1.82) is 0 Å². The van der Waals surface area contributed by atoms with Crippen molar-refractivity contribution in [2.45, 2.75) is 6.42 Å². The van der Waals surface area contributed by atoms with Gasteiger partial charge in [0.15, 0.2) is 0 Å². The van der Waals surface area contributed by atoms with Crippen molar-refractivity contribution in [2.75, 3.05) is 18.4 Å². The number of carbonyl (C=O) groups is 1. The molecule has 0 aliphatic rings. The van der Waals surface area contributed by atoms with Crippen LogP contribution in [-0.4, -0.2) is 19.0 Å². The van der Waals surface area contributed by atoms with Crippen LogP contribution < -0.4 is 10.6 Å². The third-order valence-corrected chi connectivity index (χ3v) is 3.95. The number of nitrogens with one attached hydrogen (secondary N) is 2. The van der Waals surface area contributed by atoms with Crippen molar-refractivity contribution in [2.24, 2.45) is 0 Å². The molecule has 1 heterocycles. The van der Waals surface area contributed by atoms with E-state index in [1.165, 1.54) is 4.88 Å². The van der Waals surface area contributed by atoms with Crippen LogP contribution in [0.4, 0.5) is 5.69 Å². The fraction of sp³-hybridized carbons (Fsp3) is 0.214. The van der Waals surface area contributed by atoms with E-state index in [1.54, 1.807) is 11.3 Å². The molecule has 1 aromatic carbocycles. The summed E-state index contributed by atoms with van der Waals surface area (Å²) in [5, 5.41) is 8.05. The first-order valence-electron chi connectivity index (χ1n) is 6.02. The van der Waals surface area contributed by atoms with Crippen LogP contribution in [0.15, 0.2) is 46.3 Å². The van der Waals surface area contributed by atoms with Crippen LogP contribution in [0.2, 0.25) is 0 Å².